The third kappa shape index (κ3) is 5.20. The van der Waals surface area contributed by atoms with E-state index in [0.717, 1.165) is 31.5 Å². The molecule has 0 bridgehead atoms. The number of nitrogens with two attached hydrogens (primary N) is 1. The molecule has 3 heterocycles. The van der Waals surface area contributed by atoms with Crippen LogP contribution in [0.1, 0.15) is 18.4 Å². The summed E-state index contributed by atoms with van der Waals surface area (Å²) < 4.78 is 28.5. The van der Waals surface area contributed by atoms with E-state index in [9.17, 15) is 13.2 Å². The minimum Gasteiger partial charge on any atom is -0.324 e. The summed E-state index contributed by atoms with van der Waals surface area (Å²) in [6.07, 6.45) is 4.61. The maximum Gasteiger partial charge on any atom is 0.278 e. The first-order valence-electron chi connectivity index (χ1n) is 12.7. The van der Waals surface area contributed by atoms with Gasteiger partial charge in [-0.15, -0.1) is 11.3 Å². The zero-order valence-corrected chi connectivity index (χ0v) is 23.3. The van der Waals surface area contributed by atoms with Crippen molar-refractivity contribution in [2.75, 3.05) is 26.0 Å². The molecule has 0 saturated heterocycles. The molecule has 1 fully saturated rings. The number of primary sulfonamides is 1. The average molecular weight is 564 g/mol. The summed E-state index contributed by atoms with van der Waals surface area (Å²) in [7, 11) is 0.223. The van der Waals surface area contributed by atoms with Crippen LogP contribution in [-0.2, 0) is 23.0 Å². The predicted octanol–water partition coefficient (Wildman–Crippen LogP) is 3.70. The van der Waals surface area contributed by atoms with Crippen molar-refractivity contribution >= 4 is 54.1 Å². The largest absolute Gasteiger partial charge is 0.324 e. The third-order valence-corrected chi connectivity index (χ3v) is 8.84. The smallest absolute Gasteiger partial charge is 0.278 e. The second-order valence-corrected chi connectivity index (χ2v) is 12.7. The van der Waals surface area contributed by atoms with Crippen molar-refractivity contribution in [1.29, 1.82) is 0 Å². The van der Waals surface area contributed by atoms with E-state index in [-0.39, 0.29) is 10.5 Å². The van der Waals surface area contributed by atoms with Gasteiger partial charge in [0, 0.05) is 29.7 Å². The number of rotatable bonds is 9. The summed E-state index contributed by atoms with van der Waals surface area (Å²) in [5.41, 5.74) is 2.84. The van der Waals surface area contributed by atoms with Gasteiger partial charge in [-0.1, -0.05) is 12.1 Å². The van der Waals surface area contributed by atoms with Crippen molar-refractivity contribution in [1.82, 2.24) is 24.2 Å². The Hall–Kier alpha value is -3.58. The van der Waals surface area contributed by atoms with Gasteiger partial charge < -0.3 is 10.2 Å². The van der Waals surface area contributed by atoms with E-state index in [1.54, 1.807) is 32.8 Å². The number of sulfonamides is 1. The van der Waals surface area contributed by atoms with Crippen molar-refractivity contribution in [2.24, 2.45) is 11.1 Å². The molecule has 0 spiro atoms. The van der Waals surface area contributed by atoms with E-state index in [1.165, 1.54) is 34.0 Å². The van der Waals surface area contributed by atoms with Crippen molar-refractivity contribution in [3.63, 3.8) is 0 Å². The van der Waals surface area contributed by atoms with E-state index < -0.39 is 10.0 Å². The number of hydrogen-bond acceptors (Lipinski definition) is 8. The van der Waals surface area contributed by atoms with Crippen LogP contribution in [0.4, 0.5) is 11.6 Å². The van der Waals surface area contributed by atoms with Crippen LogP contribution >= 0.6 is 11.3 Å². The zero-order valence-electron chi connectivity index (χ0n) is 21.7. The molecule has 1 aliphatic carbocycles. The lowest BCUT2D eigenvalue weighted by molar-refractivity contribution is 0.414. The molecule has 12 heteroatoms. The summed E-state index contributed by atoms with van der Waals surface area (Å²) in [6, 6.07) is 12.4. The van der Waals surface area contributed by atoms with Gasteiger partial charge in [0.15, 0.2) is 5.65 Å². The van der Waals surface area contributed by atoms with Gasteiger partial charge in [0.25, 0.3) is 5.56 Å². The molecular weight excluding hydrogens is 534 g/mol. The van der Waals surface area contributed by atoms with E-state index in [0.29, 0.717) is 35.1 Å². The molecule has 0 radical (unpaired) electrons. The molecule has 0 aliphatic heterocycles. The normalized spacial score (nSPS) is 14.1. The first-order chi connectivity index (χ1) is 18.7. The van der Waals surface area contributed by atoms with Gasteiger partial charge in [-0.2, -0.15) is 4.98 Å². The van der Waals surface area contributed by atoms with Crippen LogP contribution in [0, 0.1) is 5.92 Å². The molecule has 1 aliphatic rings. The van der Waals surface area contributed by atoms with Gasteiger partial charge in [-0.25, -0.2) is 27.9 Å². The predicted molar refractivity (Wildman–Crippen MR) is 155 cm³/mol. The van der Waals surface area contributed by atoms with Crippen LogP contribution in [0.2, 0.25) is 0 Å². The molecule has 39 heavy (non-hydrogen) atoms. The Morgan fingerprint density at radius 1 is 1.15 bits per heavy atom. The van der Waals surface area contributed by atoms with Gasteiger partial charge in [0.2, 0.25) is 16.0 Å². The lowest BCUT2D eigenvalue weighted by Crippen LogP contribution is -2.23. The van der Waals surface area contributed by atoms with Gasteiger partial charge in [-0.3, -0.25) is 4.79 Å². The molecule has 202 valence electrons. The fraction of sp³-hybridized carbons (Fsp3) is 0.296. The third-order valence-electron chi connectivity index (χ3n) is 6.93. The summed E-state index contributed by atoms with van der Waals surface area (Å²) in [5, 5.41) is 12.5. The van der Waals surface area contributed by atoms with Crippen molar-refractivity contribution in [3.05, 3.63) is 70.0 Å². The number of hydrogen-bond donors (Lipinski definition) is 2. The molecule has 0 amide bonds. The maximum atomic E-state index is 13.4. The Labute approximate surface area is 229 Å². The average Bonchev–Trinajstić information content (AvgIpc) is 3.57. The van der Waals surface area contributed by atoms with E-state index >= 15 is 0 Å². The second-order valence-electron chi connectivity index (χ2n) is 10.3. The van der Waals surface area contributed by atoms with Crippen LogP contribution in [0.15, 0.2) is 63.7 Å². The van der Waals surface area contributed by atoms with Crippen LogP contribution < -0.4 is 16.0 Å². The molecule has 6 rings (SSSR count). The molecular formula is C27H29N7O3S2. The molecule has 3 N–H and O–H groups in total. The number of thiophene rings is 1. The SMILES string of the molecule is CN(C)CCc1csc2cc(Nc3ncc4c(=O)n(CC5CC5)n(-c5cccc(S(N)(=O)=O)c5)c4n3)ccc12. The molecule has 0 atom stereocenters. The quantitative estimate of drug-likeness (QED) is 0.280. The number of benzene rings is 2. The van der Waals surface area contributed by atoms with Crippen LogP contribution in [-0.4, -0.2) is 53.3 Å². The number of likely N-dealkylation sites (N-methyl/N-ethyl adjacent to an activating group) is 1. The summed E-state index contributed by atoms with van der Waals surface area (Å²) in [4.78, 5) is 24.7. The van der Waals surface area contributed by atoms with E-state index in [4.69, 9.17) is 10.1 Å². The number of nitrogens with one attached hydrogen (secondary N) is 1. The minimum absolute atomic E-state index is 0.0334. The van der Waals surface area contributed by atoms with Crippen LogP contribution in [0.25, 0.3) is 26.8 Å². The highest BCUT2D eigenvalue weighted by molar-refractivity contribution is 7.89. The Morgan fingerprint density at radius 3 is 2.72 bits per heavy atom. The molecule has 3 aromatic heterocycles. The molecule has 0 unspecified atom stereocenters. The number of nitrogens with zero attached hydrogens (tertiary/aromatic N) is 5. The zero-order chi connectivity index (χ0) is 27.3. The highest BCUT2D eigenvalue weighted by atomic mass is 32.2. The first kappa shape index (κ1) is 25.7. The first-order valence-corrected chi connectivity index (χ1v) is 15.1. The van der Waals surface area contributed by atoms with Crippen molar-refractivity contribution in [3.8, 4) is 5.69 Å². The molecule has 2 aromatic carbocycles. The topological polar surface area (TPSA) is 128 Å². The molecule has 5 aromatic rings. The van der Waals surface area contributed by atoms with Gasteiger partial charge in [0.05, 0.1) is 10.6 Å². The highest BCUT2D eigenvalue weighted by Crippen LogP contribution is 2.32. The summed E-state index contributed by atoms with van der Waals surface area (Å²) in [6.45, 7) is 1.50. The van der Waals surface area contributed by atoms with Gasteiger partial charge >= 0.3 is 0 Å². The van der Waals surface area contributed by atoms with Crippen molar-refractivity contribution < 1.29 is 8.42 Å². The maximum absolute atomic E-state index is 13.4. The van der Waals surface area contributed by atoms with Gasteiger partial charge in [-0.05, 0) is 85.9 Å². The molecule has 10 nitrogen and oxygen atoms in total. The summed E-state index contributed by atoms with van der Waals surface area (Å²) in [5.74, 6) is 0.740. The fourth-order valence-corrected chi connectivity index (χ4v) is 6.27. The highest BCUT2D eigenvalue weighted by Gasteiger charge is 2.26. The minimum atomic E-state index is -3.92. The fourth-order valence-electron chi connectivity index (χ4n) is 4.68. The number of anilines is 2. The monoisotopic (exact) mass is 563 g/mol. The Kier molecular flexibility index (Phi) is 6.50. The summed E-state index contributed by atoms with van der Waals surface area (Å²) >= 11 is 1.71. The van der Waals surface area contributed by atoms with E-state index in [2.05, 4.69) is 46.8 Å². The Morgan fingerprint density at radius 2 is 1.97 bits per heavy atom. The van der Waals surface area contributed by atoms with Crippen LogP contribution in [0.3, 0.4) is 0 Å². The lowest BCUT2D eigenvalue weighted by atomic mass is 10.1. The number of fused-ring (bicyclic) bond motifs is 2. The Bertz CT molecular complexity index is 1870. The number of aromatic nitrogens is 4. The van der Waals surface area contributed by atoms with Gasteiger partial charge in [0.1, 0.15) is 5.39 Å². The van der Waals surface area contributed by atoms with E-state index in [1.807, 2.05) is 6.07 Å². The lowest BCUT2D eigenvalue weighted by Gasteiger charge is -2.13. The standard InChI is InChI=1S/C27H29N7O3S2/c1-32(2)11-10-18-16-38-24-12-19(8-9-22(18)24)30-27-29-14-23-25(31-27)34(33(26(23)35)15-17-6-7-17)20-4-3-5-21(13-20)39(28,36)37/h3-5,8-9,12-14,16-17H,6-7,10-11,15H2,1-2H3,(H2,28,36,37)(H,29,30,31). The Balaban J connectivity index is 1.40. The van der Waals surface area contributed by atoms with Crippen LogP contribution in [0.5, 0.6) is 0 Å². The second kappa shape index (κ2) is 9.87. The molecule has 1 saturated carbocycles. The van der Waals surface area contributed by atoms with Crippen molar-refractivity contribution in [2.45, 2.75) is 30.7 Å².